The van der Waals surface area contributed by atoms with Crippen LogP contribution in [0.3, 0.4) is 0 Å². The number of benzene rings is 2. The summed E-state index contributed by atoms with van der Waals surface area (Å²) < 4.78 is 5.59. The standard InChI is InChI=1S/C20H14BrN3O5/c21-18-11-10-17(29-18)20(26)23-16(12-13-4-2-1-3-5-13)19(25)22-14-6-8-15(9-7-14)24(27)28/h1-12H,(H,22,25)(H,23,26)/b16-12+. The van der Waals surface area contributed by atoms with Gasteiger partial charge in [-0.2, -0.15) is 0 Å². The molecule has 29 heavy (non-hydrogen) atoms. The largest absolute Gasteiger partial charge is 0.444 e. The number of hydrogen-bond acceptors (Lipinski definition) is 5. The van der Waals surface area contributed by atoms with E-state index in [2.05, 4.69) is 26.6 Å². The summed E-state index contributed by atoms with van der Waals surface area (Å²) in [4.78, 5) is 35.4. The third-order valence-electron chi connectivity index (χ3n) is 3.74. The first-order valence-corrected chi connectivity index (χ1v) is 9.11. The number of amides is 2. The molecule has 9 heteroatoms. The number of non-ortho nitro benzene ring substituents is 1. The van der Waals surface area contributed by atoms with Gasteiger partial charge in [-0.05, 0) is 51.8 Å². The molecular weight excluding hydrogens is 442 g/mol. The minimum absolute atomic E-state index is 0.0212. The Labute approximate surface area is 173 Å². The number of nitrogens with zero attached hydrogens (tertiary/aromatic N) is 1. The molecule has 2 aromatic carbocycles. The topological polar surface area (TPSA) is 114 Å². The van der Waals surface area contributed by atoms with Crippen LogP contribution < -0.4 is 10.6 Å². The summed E-state index contributed by atoms with van der Waals surface area (Å²) in [5, 5.41) is 15.9. The van der Waals surface area contributed by atoms with Crippen LogP contribution >= 0.6 is 15.9 Å². The molecule has 0 saturated heterocycles. The highest BCUT2D eigenvalue weighted by atomic mass is 79.9. The average Bonchev–Trinajstić information content (AvgIpc) is 3.15. The fourth-order valence-electron chi connectivity index (χ4n) is 2.36. The molecule has 0 saturated carbocycles. The zero-order chi connectivity index (χ0) is 20.8. The van der Waals surface area contributed by atoms with Gasteiger partial charge in [0.2, 0.25) is 0 Å². The van der Waals surface area contributed by atoms with Crippen LogP contribution in [0.15, 0.2) is 81.5 Å². The highest BCUT2D eigenvalue weighted by Crippen LogP contribution is 2.17. The van der Waals surface area contributed by atoms with Gasteiger partial charge in [-0.3, -0.25) is 19.7 Å². The van der Waals surface area contributed by atoms with Crippen LogP contribution in [-0.4, -0.2) is 16.7 Å². The van der Waals surface area contributed by atoms with E-state index in [0.29, 0.717) is 15.9 Å². The molecule has 1 aromatic heterocycles. The van der Waals surface area contributed by atoms with Gasteiger partial charge in [0.25, 0.3) is 17.5 Å². The highest BCUT2D eigenvalue weighted by Gasteiger charge is 2.17. The molecule has 0 fully saturated rings. The Morgan fingerprint density at radius 3 is 2.28 bits per heavy atom. The first-order valence-electron chi connectivity index (χ1n) is 8.31. The molecule has 0 radical (unpaired) electrons. The summed E-state index contributed by atoms with van der Waals surface area (Å²) in [5.74, 6) is -1.17. The van der Waals surface area contributed by atoms with Crippen molar-refractivity contribution in [2.24, 2.45) is 0 Å². The van der Waals surface area contributed by atoms with E-state index < -0.39 is 16.7 Å². The molecule has 0 aliphatic carbocycles. The van der Waals surface area contributed by atoms with Gasteiger partial charge in [-0.1, -0.05) is 30.3 Å². The van der Waals surface area contributed by atoms with Crippen molar-refractivity contribution in [3.63, 3.8) is 0 Å². The van der Waals surface area contributed by atoms with Crippen molar-refractivity contribution in [3.05, 3.63) is 98.5 Å². The summed E-state index contributed by atoms with van der Waals surface area (Å²) in [6, 6.07) is 17.3. The number of anilines is 1. The molecule has 2 amide bonds. The van der Waals surface area contributed by atoms with E-state index in [1.807, 2.05) is 6.07 Å². The molecule has 0 aliphatic heterocycles. The third-order valence-corrected chi connectivity index (χ3v) is 4.16. The number of nitro benzene ring substituents is 1. The zero-order valence-electron chi connectivity index (χ0n) is 14.8. The van der Waals surface area contributed by atoms with Crippen molar-refractivity contribution < 1.29 is 18.9 Å². The van der Waals surface area contributed by atoms with Gasteiger partial charge in [-0.15, -0.1) is 0 Å². The Kier molecular flexibility index (Phi) is 6.20. The molecule has 1 heterocycles. The average molecular weight is 456 g/mol. The van der Waals surface area contributed by atoms with Crippen LogP contribution in [0.1, 0.15) is 16.1 Å². The molecule has 0 spiro atoms. The van der Waals surface area contributed by atoms with E-state index >= 15 is 0 Å². The minimum atomic E-state index is -0.600. The third kappa shape index (κ3) is 5.39. The molecule has 8 nitrogen and oxygen atoms in total. The number of rotatable bonds is 6. The second-order valence-electron chi connectivity index (χ2n) is 5.78. The number of nitrogens with one attached hydrogen (secondary N) is 2. The highest BCUT2D eigenvalue weighted by molar-refractivity contribution is 9.10. The normalized spacial score (nSPS) is 11.0. The molecular formula is C20H14BrN3O5. The van der Waals surface area contributed by atoms with Crippen LogP contribution in [0.2, 0.25) is 0 Å². The Hall–Kier alpha value is -3.72. The summed E-state index contributed by atoms with van der Waals surface area (Å²) in [6.45, 7) is 0. The Morgan fingerprint density at radius 1 is 1.00 bits per heavy atom. The van der Waals surface area contributed by atoms with Gasteiger partial charge in [-0.25, -0.2) is 0 Å². The second kappa shape index (κ2) is 8.98. The van der Waals surface area contributed by atoms with Gasteiger partial charge in [0, 0.05) is 17.8 Å². The lowest BCUT2D eigenvalue weighted by molar-refractivity contribution is -0.384. The van der Waals surface area contributed by atoms with Gasteiger partial charge in [0.1, 0.15) is 5.70 Å². The number of halogens is 1. The number of furan rings is 1. The molecule has 3 aromatic rings. The van der Waals surface area contributed by atoms with Gasteiger partial charge >= 0.3 is 0 Å². The second-order valence-corrected chi connectivity index (χ2v) is 6.57. The quantitative estimate of drug-likeness (QED) is 0.325. The number of carbonyl (C=O) groups is 2. The van der Waals surface area contributed by atoms with Crippen LogP contribution in [0.4, 0.5) is 11.4 Å². The maximum atomic E-state index is 12.7. The van der Waals surface area contributed by atoms with Gasteiger partial charge in [0.05, 0.1) is 4.92 Å². The zero-order valence-corrected chi connectivity index (χ0v) is 16.4. The number of hydrogen-bond donors (Lipinski definition) is 2. The van der Waals surface area contributed by atoms with Crippen molar-refractivity contribution in [3.8, 4) is 0 Å². The van der Waals surface area contributed by atoms with Crippen molar-refractivity contribution in [2.45, 2.75) is 0 Å². The predicted octanol–water partition coefficient (Wildman–Crippen LogP) is 4.36. The molecule has 3 rings (SSSR count). The molecule has 0 unspecified atom stereocenters. The van der Waals surface area contributed by atoms with Crippen molar-refractivity contribution in [1.82, 2.24) is 5.32 Å². The predicted molar refractivity (Wildman–Crippen MR) is 110 cm³/mol. The first kappa shape index (κ1) is 20.0. The van der Waals surface area contributed by atoms with Crippen molar-refractivity contribution >= 4 is 45.2 Å². The van der Waals surface area contributed by atoms with E-state index in [-0.39, 0.29) is 17.1 Å². The first-order chi connectivity index (χ1) is 13.9. The van der Waals surface area contributed by atoms with E-state index in [9.17, 15) is 19.7 Å². The molecule has 146 valence electrons. The van der Waals surface area contributed by atoms with E-state index in [0.717, 1.165) is 0 Å². The lowest BCUT2D eigenvalue weighted by atomic mass is 10.2. The number of nitro groups is 1. The smallest absolute Gasteiger partial charge is 0.291 e. The molecule has 2 N–H and O–H groups in total. The maximum Gasteiger partial charge on any atom is 0.291 e. The lowest BCUT2D eigenvalue weighted by Gasteiger charge is -2.10. The van der Waals surface area contributed by atoms with Gasteiger partial charge in [0.15, 0.2) is 10.4 Å². The van der Waals surface area contributed by atoms with Crippen molar-refractivity contribution in [1.29, 1.82) is 0 Å². The van der Waals surface area contributed by atoms with E-state index in [1.54, 1.807) is 30.3 Å². The Morgan fingerprint density at radius 2 is 1.69 bits per heavy atom. The Bertz CT molecular complexity index is 1080. The summed E-state index contributed by atoms with van der Waals surface area (Å²) >= 11 is 3.12. The fraction of sp³-hybridized carbons (Fsp3) is 0. The summed E-state index contributed by atoms with van der Waals surface area (Å²) in [5.41, 5.74) is 0.920. The summed E-state index contributed by atoms with van der Waals surface area (Å²) in [6.07, 6.45) is 1.51. The SMILES string of the molecule is O=C(Nc1ccc([N+](=O)[O-])cc1)/C(=C\c1ccccc1)NC(=O)c1ccc(Br)o1. The molecule has 0 bridgehead atoms. The van der Waals surface area contributed by atoms with Crippen LogP contribution in [0.5, 0.6) is 0 Å². The minimum Gasteiger partial charge on any atom is -0.444 e. The lowest BCUT2D eigenvalue weighted by Crippen LogP contribution is -2.30. The fourth-order valence-corrected chi connectivity index (χ4v) is 2.67. The van der Waals surface area contributed by atoms with Crippen LogP contribution in [-0.2, 0) is 4.79 Å². The molecule has 0 aliphatic rings. The van der Waals surface area contributed by atoms with Crippen molar-refractivity contribution in [2.75, 3.05) is 5.32 Å². The number of carbonyl (C=O) groups excluding carboxylic acids is 2. The summed E-state index contributed by atoms with van der Waals surface area (Å²) in [7, 11) is 0. The molecule has 0 atom stereocenters. The van der Waals surface area contributed by atoms with E-state index in [1.165, 1.54) is 36.4 Å². The van der Waals surface area contributed by atoms with Gasteiger partial charge < -0.3 is 15.1 Å². The van der Waals surface area contributed by atoms with E-state index in [4.69, 9.17) is 4.42 Å². The monoisotopic (exact) mass is 455 g/mol. The maximum absolute atomic E-state index is 12.7. The Balaban J connectivity index is 1.83. The van der Waals surface area contributed by atoms with Crippen LogP contribution in [0.25, 0.3) is 6.08 Å². The van der Waals surface area contributed by atoms with Crippen LogP contribution in [0, 0.1) is 10.1 Å².